The van der Waals surface area contributed by atoms with Gasteiger partial charge in [-0.05, 0) is 30.7 Å². The summed E-state index contributed by atoms with van der Waals surface area (Å²) in [7, 11) is 1.47. The highest BCUT2D eigenvalue weighted by atomic mass is 35.5. The van der Waals surface area contributed by atoms with Gasteiger partial charge in [0.05, 0.1) is 0 Å². The van der Waals surface area contributed by atoms with Gasteiger partial charge in [-0.3, -0.25) is 4.79 Å². The number of carbonyl (C=O) groups excluding carboxylic acids is 1. The molecule has 1 aromatic rings. The fourth-order valence-electron chi connectivity index (χ4n) is 1.60. The van der Waals surface area contributed by atoms with E-state index in [1.807, 2.05) is 6.92 Å². The Hall–Kier alpha value is -1.59. The summed E-state index contributed by atoms with van der Waals surface area (Å²) < 4.78 is 4.81. The first-order valence-electron chi connectivity index (χ1n) is 5.74. The molecule has 1 atom stereocenters. The Labute approximate surface area is 116 Å². The quantitative estimate of drug-likeness (QED) is 0.836. The summed E-state index contributed by atoms with van der Waals surface area (Å²) in [5, 5.41) is 11.9. The average molecular weight is 286 g/mol. The average Bonchev–Trinajstić information content (AvgIpc) is 2.32. The van der Waals surface area contributed by atoms with Crippen LogP contribution in [0.1, 0.15) is 22.3 Å². The molecule has 0 radical (unpaired) electrons. The number of carboxylic acid groups (broad SMARTS) is 1. The van der Waals surface area contributed by atoms with Crippen LogP contribution in [-0.4, -0.2) is 36.7 Å². The monoisotopic (exact) mass is 285 g/mol. The SMILES string of the molecule is COCCC(NC(=O)c1cc(C)cc(Cl)c1)C(=O)O. The van der Waals surface area contributed by atoms with Gasteiger partial charge in [0.25, 0.3) is 5.91 Å². The lowest BCUT2D eigenvalue weighted by atomic mass is 10.1. The van der Waals surface area contributed by atoms with E-state index in [1.54, 1.807) is 12.1 Å². The number of aryl methyl sites for hydroxylation is 1. The lowest BCUT2D eigenvalue weighted by Gasteiger charge is -2.14. The van der Waals surface area contributed by atoms with Crippen molar-refractivity contribution in [2.24, 2.45) is 0 Å². The third kappa shape index (κ3) is 4.89. The van der Waals surface area contributed by atoms with Crippen molar-refractivity contribution in [3.63, 3.8) is 0 Å². The Morgan fingerprint density at radius 2 is 2.11 bits per heavy atom. The molecule has 0 fully saturated rings. The number of hydrogen-bond donors (Lipinski definition) is 2. The predicted octanol–water partition coefficient (Wildman–Crippen LogP) is 1.87. The minimum Gasteiger partial charge on any atom is -0.480 e. The van der Waals surface area contributed by atoms with Crippen LogP contribution in [0.15, 0.2) is 18.2 Å². The van der Waals surface area contributed by atoms with E-state index in [1.165, 1.54) is 13.2 Å². The Balaban J connectivity index is 2.78. The molecule has 0 aliphatic rings. The van der Waals surface area contributed by atoms with E-state index in [4.69, 9.17) is 21.4 Å². The van der Waals surface area contributed by atoms with Crippen LogP contribution in [0.3, 0.4) is 0 Å². The molecule has 0 aliphatic carbocycles. The van der Waals surface area contributed by atoms with Gasteiger partial charge in [-0.25, -0.2) is 4.79 Å². The maximum absolute atomic E-state index is 12.0. The van der Waals surface area contributed by atoms with Crippen LogP contribution < -0.4 is 5.32 Å². The molecule has 0 aromatic heterocycles. The molecule has 104 valence electrons. The fraction of sp³-hybridized carbons (Fsp3) is 0.385. The van der Waals surface area contributed by atoms with Crippen LogP contribution in [0.5, 0.6) is 0 Å². The smallest absolute Gasteiger partial charge is 0.326 e. The largest absolute Gasteiger partial charge is 0.480 e. The lowest BCUT2D eigenvalue weighted by molar-refractivity contribution is -0.139. The minimum absolute atomic E-state index is 0.205. The second-order valence-corrected chi connectivity index (χ2v) is 4.60. The topological polar surface area (TPSA) is 75.6 Å². The summed E-state index contributed by atoms with van der Waals surface area (Å²) in [5.74, 6) is -1.56. The first-order valence-corrected chi connectivity index (χ1v) is 6.11. The third-order valence-corrected chi connectivity index (χ3v) is 2.74. The summed E-state index contributed by atoms with van der Waals surface area (Å²) in [5.41, 5.74) is 1.18. The van der Waals surface area contributed by atoms with Crippen molar-refractivity contribution in [2.45, 2.75) is 19.4 Å². The molecule has 5 nitrogen and oxygen atoms in total. The highest BCUT2D eigenvalue weighted by Crippen LogP contribution is 2.14. The van der Waals surface area contributed by atoms with E-state index in [-0.39, 0.29) is 13.0 Å². The van der Waals surface area contributed by atoms with Crippen LogP contribution in [0.2, 0.25) is 5.02 Å². The van der Waals surface area contributed by atoms with Crippen LogP contribution in [0, 0.1) is 6.92 Å². The molecule has 2 N–H and O–H groups in total. The van der Waals surface area contributed by atoms with E-state index >= 15 is 0 Å². The second kappa shape index (κ2) is 7.11. The molecular weight excluding hydrogens is 270 g/mol. The second-order valence-electron chi connectivity index (χ2n) is 4.16. The highest BCUT2D eigenvalue weighted by molar-refractivity contribution is 6.31. The molecule has 0 saturated heterocycles. The van der Waals surface area contributed by atoms with Gasteiger partial charge in [0, 0.05) is 30.7 Å². The van der Waals surface area contributed by atoms with E-state index in [9.17, 15) is 9.59 Å². The molecule has 1 rings (SSSR count). The normalized spacial score (nSPS) is 11.9. The molecule has 19 heavy (non-hydrogen) atoms. The summed E-state index contributed by atoms with van der Waals surface area (Å²) in [6.45, 7) is 2.06. The minimum atomic E-state index is -1.09. The molecule has 0 bridgehead atoms. The zero-order valence-corrected chi connectivity index (χ0v) is 11.5. The number of carboxylic acids is 1. The van der Waals surface area contributed by atoms with Crippen LogP contribution in [-0.2, 0) is 9.53 Å². The molecule has 0 aliphatic heterocycles. The Bertz CT molecular complexity index is 455. The number of hydrogen-bond acceptors (Lipinski definition) is 3. The van der Waals surface area contributed by atoms with Crippen molar-refractivity contribution >= 4 is 23.5 Å². The molecule has 6 heteroatoms. The molecule has 0 spiro atoms. The maximum Gasteiger partial charge on any atom is 0.326 e. The van der Waals surface area contributed by atoms with E-state index in [0.717, 1.165) is 5.56 Å². The molecule has 1 aromatic carbocycles. The van der Waals surface area contributed by atoms with Crippen molar-refractivity contribution in [3.8, 4) is 0 Å². The van der Waals surface area contributed by atoms with Crippen LogP contribution in [0.4, 0.5) is 0 Å². The van der Waals surface area contributed by atoms with Crippen molar-refractivity contribution in [1.29, 1.82) is 0 Å². The zero-order chi connectivity index (χ0) is 14.4. The summed E-state index contributed by atoms with van der Waals surface area (Å²) in [6, 6.07) is 3.89. The maximum atomic E-state index is 12.0. The van der Waals surface area contributed by atoms with Crippen LogP contribution >= 0.6 is 11.6 Å². The third-order valence-electron chi connectivity index (χ3n) is 2.52. The van der Waals surface area contributed by atoms with Crippen molar-refractivity contribution in [3.05, 3.63) is 34.3 Å². The lowest BCUT2D eigenvalue weighted by Crippen LogP contribution is -2.41. The Morgan fingerprint density at radius 3 is 2.63 bits per heavy atom. The number of halogens is 1. The van der Waals surface area contributed by atoms with Gasteiger partial charge in [-0.1, -0.05) is 11.6 Å². The molecule has 0 saturated carbocycles. The van der Waals surface area contributed by atoms with Crippen molar-refractivity contribution < 1.29 is 19.4 Å². The van der Waals surface area contributed by atoms with Crippen molar-refractivity contribution in [2.75, 3.05) is 13.7 Å². The number of rotatable bonds is 6. The number of benzene rings is 1. The van der Waals surface area contributed by atoms with Gasteiger partial charge in [0.2, 0.25) is 0 Å². The zero-order valence-electron chi connectivity index (χ0n) is 10.8. The number of amides is 1. The number of ether oxygens (including phenoxy) is 1. The summed E-state index contributed by atoms with van der Waals surface area (Å²) in [6.07, 6.45) is 0.205. The van der Waals surface area contributed by atoms with Gasteiger partial charge >= 0.3 is 5.97 Å². The first-order chi connectivity index (χ1) is 8.93. The van der Waals surface area contributed by atoms with E-state index in [0.29, 0.717) is 10.6 Å². The number of nitrogens with one attached hydrogen (secondary N) is 1. The molecular formula is C13H16ClNO4. The number of aliphatic carboxylic acids is 1. The Kier molecular flexibility index (Phi) is 5.79. The number of carbonyl (C=O) groups is 2. The van der Waals surface area contributed by atoms with E-state index in [2.05, 4.69) is 5.32 Å². The standard InChI is InChI=1S/C13H16ClNO4/c1-8-5-9(7-10(14)6-8)12(16)15-11(13(17)18)3-4-19-2/h5-7,11H,3-4H2,1-2H3,(H,15,16)(H,17,18). The molecule has 1 unspecified atom stereocenters. The fourth-order valence-corrected chi connectivity index (χ4v) is 1.89. The van der Waals surface area contributed by atoms with Gasteiger partial charge in [-0.15, -0.1) is 0 Å². The summed E-state index contributed by atoms with van der Waals surface area (Å²) in [4.78, 5) is 23.0. The van der Waals surface area contributed by atoms with Gasteiger partial charge in [0.15, 0.2) is 0 Å². The molecule has 0 heterocycles. The van der Waals surface area contributed by atoms with Crippen LogP contribution in [0.25, 0.3) is 0 Å². The summed E-state index contributed by atoms with van der Waals surface area (Å²) >= 11 is 5.86. The van der Waals surface area contributed by atoms with E-state index < -0.39 is 17.9 Å². The first kappa shape index (κ1) is 15.5. The van der Waals surface area contributed by atoms with Gasteiger partial charge in [-0.2, -0.15) is 0 Å². The number of methoxy groups -OCH3 is 1. The highest BCUT2D eigenvalue weighted by Gasteiger charge is 2.20. The van der Waals surface area contributed by atoms with Gasteiger partial charge < -0.3 is 15.2 Å². The van der Waals surface area contributed by atoms with Crippen molar-refractivity contribution in [1.82, 2.24) is 5.32 Å². The predicted molar refractivity (Wildman–Crippen MR) is 71.6 cm³/mol. The van der Waals surface area contributed by atoms with Gasteiger partial charge in [0.1, 0.15) is 6.04 Å². The molecule has 1 amide bonds. The Morgan fingerprint density at radius 1 is 1.42 bits per heavy atom.